The van der Waals surface area contributed by atoms with Crippen LogP contribution in [0, 0.1) is 24.2 Å². The van der Waals surface area contributed by atoms with Gasteiger partial charge in [-0.3, -0.25) is 0 Å². The van der Waals surface area contributed by atoms with Gasteiger partial charge in [-0.15, -0.1) is 12.1 Å². The van der Waals surface area contributed by atoms with Crippen molar-refractivity contribution < 1.29 is 4.39 Å². The van der Waals surface area contributed by atoms with Gasteiger partial charge >= 0.3 is 23.1 Å². The molecule has 1 saturated carbocycles. The Morgan fingerprint density at radius 2 is 2.00 bits per heavy atom. The van der Waals surface area contributed by atoms with Gasteiger partial charge in [0.15, 0.2) is 0 Å². The topological polar surface area (TPSA) is 0 Å². The Labute approximate surface area is 134 Å². The van der Waals surface area contributed by atoms with Crippen LogP contribution in [-0.2, 0) is 0 Å². The molecule has 19 heavy (non-hydrogen) atoms. The number of unbranched alkanes of at least 4 members (excludes halogenated alkanes) is 2. The predicted octanol–water partition coefficient (Wildman–Crippen LogP) is 5.21. The fraction of sp³-hybridized carbons (Fsp3) is 0.588. The Kier molecular flexibility index (Phi) is 12.9. The summed E-state index contributed by atoms with van der Waals surface area (Å²) in [5.74, 6) is 0.772. The van der Waals surface area contributed by atoms with E-state index >= 15 is 0 Å². The minimum Gasteiger partial charge on any atom is -0.328 e. The van der Waals surface area contributed by atoms with Crippen LogP contribution in [0.25, 0.3) is 0 Å². The Morgan fingerprint density at radius 1 is 1.26 bits per heavy atom. The molecular formula is C17H25FMg. The van der Waals surface area contributed by atoms with E-state index in [1.807, 2.05) is 0 Å². The summed E-state index contributed by atoms with van der Waals surface area (Å²) >= 11 is 0. The largest absolute Gasteiger partial charge is 2.00 e. The first-order chi connectivity index (χ1) is 8.83. The standard InChI is InChI=1S/C11H21.C6H4F.Mg/c1-2-3-5-8-11-9-6-4-7-10-11;7-6-4-2-1-3-5-6;/h4,11H,2-3,5-10H2,1H3;1-4H;/q2*-1;+2. The molecule has 0 amide bonds. The molecule has 102 valence electrons. The van der Waals surface area contributed by atoms with Crippen LogP contribution in [0.15, 0.2) is 24.3 Å². The second-order valence-electron chi connectivity index (χ2n) is 5.02. The maximum atomic E-state index is 11.9. The van der Waals surface area contributed by atoms with Gasteiger partial charge in [-0.05, 0) is 5.92 Å². The zero-order valence-corrected chi connectivity index (χ0v) is 13.6. The van der Waals surface area contributed by atoms with Gasteiger partial charge in [0, 0.05) is 5.82 Å². The first-order valence-electron chi connectivity index (χ1n) is 7.26. The van der Waals surface area contributed by atoms with Gasteiger partial charge in [0.25, 0.3) is 0 Å². The van der Waals surface area contributed by atoms with Crippen molar-refractivity contribution in [1.82, 2.24) is 0 Å². The van der Waals surface area contributed by atoms with Crippen LogP contribution < -0.4 is 0 Å². The summed E-state index contributed by atoms with van der Waals surface area (Å²) in [7, 11) is 0. The van der Waals surface area contributed by atoms with Crippen molar-refractivity contribution in [3.8, 4) is 0 Å². The Hall–Kier alpha value is -0.0838. The van der Waals surface area contributed by atoms with Crippen LogP contribution in [0.4, 0.5) is 4.39 Å². The molecule has 0 aromatic heterocycles. The summed E-state index contributed by atoms with van der Waals surface area (Å²) in [6, 6.07) is 8.62. The van der Waals surface area contributed by atoms with Gasteiger partial charge in [0.2, 0.25) is 0 Å². The molecule has 0 radical (unpaired) electrons. The molecule has 0 atom stereocenters. The molecule has 0 N–H and O–H groups in total. The van der Waals surface area contributed by atoms with Crippen LogP contribution in [-0.4, -0.2) is 23.1 Å². The average molecular weight is 273 g/mol. The first-order valence-corrected chi connectivity index (χ1v) is 7.26. The van der Waals surface area contributed by atoms with Crippen molar-refractivity contribution >= 4 is 23.1 Å². The summed E-state index contributed by atoms with van der Waals surface area (Å²) in [5.41, 5.74) is 0. The second kappa shape index (κ2) is 12.9. The fourth-order valence-corrected chi connectivity index (χ4v) is 2.34. The van der Waals surface area contributed by atoms with E-state index in [1.54, 1.807) is 12.1 Å². The second-order valence-corrected chi connectivity index (χ2v) is 5.02. The summed E-state index contributed by atoms with van der Waals surface area (Å²) in [6.45, 7) is 2.29. The van der Waals surface area contributed by atoms with Gasteiger partial charge in [-0.2, -0.15) is 31.0 Å². The summed E-state index contributed by atoms with van der Waals surface area (Å²) in [5, 5.41) is 0. The van der Waals surface area contributed by atoms with Crippen molar-refractivity contribution in [2.75, 3.05) is 0 Å². The van der Waals surface area contributed by atoms with Crippen molar-refractivity contribution in [3.05, 3.63) is 42.6 Å². The quantitative estimate of drug-likeness (QED) is 0.401. The van der Waals surface area contributed by atoms with Gasteiger partial charge in [0.1, 0.15) is 0 Å². The van der Waals surface area contributed by atoms with Crippen LogP contribution in [0.1, 0.15) is 58.3 Å². The molecule has 0 saturated heterocycles. The van der Waals surface area contributed by atoms with Crippen LogP contribution in [0.3, 0.4) is 0 Å². The summed E-state index contributed by atoms with van der Waals surface area (Å²) < 4.78 is 11.9. The molecule has 0 heterocycles. The van der Waals surface area contributed by atoms with Gasteiger partial charge in [-0.25, -0.2) is 4.39 Å². The van der Waals surface area contributed by atoms with Crippen LogP contribution in [0.5, 0.6) is 0 Å². The van der Waals surface area contributed by atoms with E-state index in [0.717, 1.165) is 5.92 Å². The fourth-order valence-electron chi connectivity index (χ4n) is 2.34. The molecule has 0 bridgehead atoms. The van der Waals surface area contributed by atoms with Crippen LogP contribution in [0.2, 0.25) is 0 Å². The van der Waals surface area contributed by atoms with Crippen molar-refractivity contribution in [3.63, 3.8) is 0 Å². The molecular weight excluding hydrogens is 247 g/mol. The van der Waals surface area contributed by atoms with Crippen LogP contribution >= 0.6 is 0 Å². The molecule has 1 aromatic carbocycles. The van der Waals surface area contributed by atoms with Gasteiger partial charge in [-0.1, -0.05) is 45.4 Å². The molecule has 0 aliphatic heterocycles. The van der Waals surface area contributed by atoms with Crippen molar-refractivity contribution in [1.29, 1.82) is 0 Å². The van der Waals surface area contributed by atoms with Crippen molar-refractivity contribution in [2.24, 2.45) is 5.92 Å². The molecule has 2 rings (SSSR count). The van der Waals surface area contributed by atoms with Gasteiger partial charge < -0.3 is 6.42 Å². The van der Waals surface area contributed by atoms with E-state index < -0.39 is 0 Å². The molecule has 0 spiro atoms. The number of hydrogen-bond donors (Lipinski definition) is 0. The number of hydrogen-bond acceptors (Lipinski definition) is 0. The molecule has 0 nitrogen and oxygen atoms in total. The molecule has 0 unspecified atom stereocenters. The Bertz CT molecular complexity index is 281. The third kappa shape index (κ3) is 10.4. The zero-order valence-electron chi connectivity index (χ0n) is 12.2. The average Bonchev–Trinajstić information content (AvgIpc) is 2.42. The van der Waals surface area contributed by atoms with Crippen molar-refractivity contribution in [2.45, 2.75) is 58.3 Å². The zero-order chi connectivity index (χ0) is 13.1. The van der Waals surface area contributed by atoms with E-state index in [2.05, 4.69) is 19.4 Å². The molecule has 1 aliphatic rings. The predicted molar refractivity (Wildman–Crippen MR) is 81.4 cm³/mol. The normalized spacial score (nSPS) is 15.1. The third-order valence-electron chi connectivity index (χ3n) is 3.45. The smallest absolute Gasteiger partial charge is 0.328 e. The molecule has 1 fully saturated rings. The number of rotatable bonds is 4. The maximum absolute atomic E-state index is 11.9. The first kappa shape index (κ1) is 18.9. The van der Waals surface area contributed by atoms with E-state index in [4.69, 9.17) is 0 Å². The number of benzene rings is 1. The SMILES string of the molecule is CCCCCC1CC[CH-]CC1.Fc1[c-]cccc1.[Mg+2]. The van der Waals surface area contributed by atoms with E-state index in [0.29, 0.717) is 0 Å². The Balaban J connectivity index is 0.000000352. The molecule has 2 heteroatoms. The third-order valence-corrected chi connectivity index (χ3v) is 3.45. The minimum atomic E-state index is -0.303. The van der Waals surface area contributed by atoms with E-state index in [1.165, 1.54) is 63.5 Å². The van der Waals surface area contributed by atoms with E-state index in [-0.39, 0.29) is 28.9 Å². The monoisotopic (exact) mass is 272 g/mol. The molecule has 1 aliphatic carbocycles. The Morgan fingerprint density at radius 3 is 2.47 bits per heavy atom. The minimum absolute atomic E-state index is 0. The van der Waals surface area contributed by atoms with Gasteiger partial charge in [0.05, 0.1) is 0 Å². The summed E-state index contributed by atoms with van der Waals surface area (Å²) in [6.07, 6.45) is 14.0. The molecule has 1 aromatic rings. The maximum Gasteiger partial charge on any atom is 2.00 e. The summed E-state index contributed by atoms with van der Waals surface area (Å²) in [4.78, 5) is 0. The van der Waals surface area contributed by atoms with E-state index in [9.17, 15) is 4.39 Å². The number of halogens is 1.